The summed E-state index contributed by atoms with van der Waals surface area (Å²) in [5, 5.41) is 2.81. The number of amides is 1. The van der Waals surface area contributed by atoms with Crippen LogP contribution in [0.5, 0.6) is 0 Å². The van der Waals surface area contributed by atoms with Gasteiger partial charge in [0, 0.05) is 0 Å². The zero-order valence-electron chi connectivity index (χ0n) is 17.7. The van der Waals surface area contributed by atoms with Gasteiger partial charge in [-0.05, 0) is 40.7 Å². The second-order valence-electron chi connectivity index (χ2n) is 10.1. The number of rotatable bonds is 6. The zero-order valence-corrected chi connectivity index (χ0v) is 20.1. The van der Waals surface area contributed by atoms with Crippen LogP contribution in [0.3, 0.4) is 0 Å². The van der Waals surface area contributed by atoms with E-state index in [1.54, 1.807) is 0 Å². The summed E-state index contributed by atoms with van der Waals surface area (Å²) in [6.07, 6.45) is 0.742. The van der Waals surface area contributed by atoms with Gasteiger partial charge >= 0.3 is 0 Å². The highest BCUT2D eigenvalue weighted by Crippen LogP contribution is 2.38. The van der Waals surface area contributed by atoms with Crippen LogP contribution < -0.4 is 5.19 Å². The smallest absolute Gasteiger partial charge is 0.275 e. The second kappa shape index (κ2) is 7.58. The molecule has 1 amide bonds. The molecule has 146 valence electrons. The van der Waals surface area contributed by atoms with Crippen LogP contribution >= 0.6 is 0 Å². The summed E-state index contributed by atoms with van der Waals surface area (Å²) in [6.45, 7) is 18.2. The van der Waals surface area contributed by atoms with Gasteiger partial charge in [0.15, 0.2) is 8.32 Å². The Bertz CT molecular complexity index is 630. The third-order valence-corrected chi connectivity index (χ3v) is 11.0. The lowest BCUT2D eigenvalue weighted by Gasteiger charge is -2.44. The number of carbonyl (C=O) groups is 1. The Morgan fingerprint density at radius 3 is 2.15 bits per heavy atom. The molecule has 0 saturated carbocycles. The third kappa shape index (κ3) is 5.52. The fourth-order valence-corrected chi connectivity index (χ4v) is 4.83. The molecule has 0 unspecified atom stereocenters. The maximum atomic E-state index is 12.3. The monoisotopic (exact) mass is 393 g/mol. The van der Waals surface area contributed by atoms with Crippen LogP contribution in [-0.4, -0.2) is 41.7 Å². The maximum absolute atomic E-state index is 12.3. The van der Waals surface area contributed by atoms with Crippen LogP contribution in [0, 0.1) is 5.41 Å². The number of benzene rings is 1. The second-order valence-corrected chi connectivity index (χ2v) is 16.2. The van der Waals surface area contributed by atoms with Gasteiger partial charge in [-0.3, -0.25) is 4.79 Å². The van der Waals surface area contributed by atoms with Crippen LogP contribution in [0.1, 0.15) is 47.1 Å². The molecular formula is C20H35NO3Si2. The van der Waals surface area contributed by atoms with Crippen molar-refractivity contribution in [3.8, 4) is 0 Å². The molecule has 1 aromatic carbocycles. The van der Waals surface area contributed by atoms with Crippen LogP contribution in [0.4, 0.5) is 0 Å². The summed E-state index contributed by atoms with van der Waals surface area (Å²) in [4.78, 5) is 12.3. The predicted octanol–water partition coefficient (Wildman–Crippen LogP) is 3.15. The Morgan fingerprint density at radius 1 is 1.12 bits per heavy atom. The van der Waals surface area contributed by atoms with Gasteiger partial charge in [-0.15, -0.1) is 0 Å². The lowest BCUT2D eigenvalue weighted by atomic mass is 9.88. The Kier molecular flexibility index (Phi) is 6.22. The van der Waals surface area contributed by atoms with Crippen molar-refractivity contribution in [3.63, 3.8) is 0 Å². The SMILES string of the molecule is CC(C)(C)Cc1ccc([SiH2]ON2C[C@@H](O[Si](C)(C)C(C)(C)C)C2=O)cc1. The normalized spacial score (nSPS) is 19.3. The maximum Gasteiger partial charge on any atom is 0.275 e. The van der Waals surface area contributed by atoms with Crippen molar-refractivity contribution in [2.75, 3.05) is 6.54 Å². The molecule has 0 aromatic heterocycles. The summed E-state index contributed by atoms with van der Waals surface area (Å²) < 4.78 is 12.0. The first-order valence-corrected chi connectivity index (χ1v) is 13.7. The molecule has 0 N–H and O–H groups in total. The quantitative estimate of drug-likeness (QED) is 0.550. The Hall–Kier alpha value is -0.956. The van der Waals surface area contributed by atoms with Crippen molar-refractivity contribution >= 4 is 29.2 Å². The number of hydroxylamine groups is 2. The molecule has 4 nitrogen and oxygen atoms in total. The first-order chi connectivity index (χ1) is 11.8. The molecule has 1 aliphatic heterocycles. The molecule has 1 aliphatic rings. The van der Waals surface area contributed by atoms with Gasteiger partial charge in [0.25, 0.3) is 5.91 Å². The number of nitrogens with zero attached hydrogens (tertiary/aromatic N) is 1. The van der Waals surface area contributed by atoms with Gasteiger partial charge in [-0.25, -0.2) is 5.06 Å². The lowest BCUT2D eigenvalue weighted by Crippen LogP contribution is -2.62. The van der Waals surface area contributed by atoms with Gasteiger partial charge in [0.1, 0.15) is 6.10 Å². The van der Waals surface area contributed by atoms with Gasteiger partial charge in [0.05, 0.1) is 6.54 Å². The van der Waals surface area contributed by atoms with Crippen LogP contribution in [-0.2, 0) is 20.2 Å². The van der Waals surface area contributed by atoms with Crippen molar-refractivity contribution in [2.24, 2.45) is 5.41 Å². The molecule has 1 aromatic rings. The number of β-lactam (4-membered cyclic amide) rings is 1. The van der Waals surface area contributed by atoms with E-state index in [2.05, 4.69) is 78.9 Å². The summed E-state index contributed by atoms with van der Waals surface area (Å²) in [5.74, 6) is -0.0216. The topological polar surface area (TPSA) is 38.8 Å². The van der Waals surface area contributed by atoms with E-state index in [4.69, 9.17) is 8.95 Å². The van der Waals surface area contributed by atoms with Crippen molar-refractivity contribution in [3.05, 3.63) is 29.8 Å². The molecule has 26 heavy (non-hydrogen) atoms. The zero-order chi connectivity index (χ0) is 19.8. The van der Waals surface area contributed by atoms with E-state index in [1.165, 1.54) is 15.8 Å². The van der Waals surface area contributed by atoms with Crippen molar-refractivity contribution < 1.29 is 13.7 Å². The number of carbonyl (C=O) groups excluding carboxylic acids is 1. The standard InChI is InChI=1S/C20H35NO3Si2/c1-19(2,3)13-15-9-11-16(12-10-15)25-24-21-14-17(18(21)22)23-26(7,8)20(4,5)6/h9-12,17H,13-14,25H2,1-8H3/t17-/m1/s1. The lowest BCUT2D eigenvalue weighted by molar-refractivity contribution is -0.194. The number of hydrogen-bond donors (Lipinski definition) is 0. The van der Waals surface area contributed by atoms with Gasteiger partial charge in [0.2, 0.25) is 9.76 Å². The van der Waals surface area contributed by atoms with E-state index in [0.29, 0.717) is 12.0 Å². The van der Waals surface area contributed by atoms with E-state index in [9.17, 15) is 4.79 Å². The van der Waals surface area contributed by atoms with Crippen molar-refractivity contribution in [2.45, 2.75) is 72.2 Å². The van der Waals surface area contributed by atoms with Crippen LogP contribution in [0.25, 0.3) is 0 Å². The average Bonchev–Trinajstić information content (AvgIpc) is 2.48. The molecule has 1 fully saturated rings. The van der Waals surface area contributed by atoms with Gasteiger partial charge in [-0.1, -0.05) is 65.8 Å². The van der Waals surface area contributed by atoms with E-state index in [0.717, 1.165) is 6.42 Å². The van der Waals surface area contributed by atoms with E-state index in [1.807, 2.05) is 0 Å². The highest BCUT2D eigenvalue weighted by Gasteiger charge is 2.46. The third-order valence-electron chi connectivity index (χ3n) is 5.24. The number of hydrogen-bond acceptors (Lipinski definition) is 3. The molecule has 0 spiro atoms. The van der Waals surface area contributed by atoms with E-state index >= 15 is 0 Å². The Labute approximate surface area is 162 Å². The first-order valence-electron chi connectivity index (χ1n) is 9.48. The molecule has 2 rings (SSSR count). The molecule has 1 atom stereocenters. The summed E-state index contributed by atoms with van der Waals surface area (Å²) in [6, 6.07) is 8.64. The largest absolute Gasteiger partial charge is 0.403 e. The molecule has 6 heteroatoms. The average molecular weight is 394 g/mol. The summed E-state index contributed by atoms with van der Waals surface area (Å²) >= 11 is 0. The predicted molar refractivity (Wildman–Crippen MR) is 113 cm³/mol. The Morgan fingerprint density at radius 2 is 1.69 bits per heavy atom. The summed E-state index contributed by atoms with van der Waals surface area (Å²) in [7, 11) is -2.85. The van der Waals surface area contributed by atoms with E-state index in [-0.39, 0.29) is 17.0 Å². The molecular weight excluding hydrogens is 358 g/mol. The fourth-order valence-electron chi connectivity index (χ4n) is 2.62. The highest BCUT2D eigenvalue weighted by molar-refractivity contribution is 6.74. The van der Waals surface area contributed by atoms with Crippen LogP contribution in [0.2, 0.25) is 18.1 Å². The first kappa shape index (κ1) is 21.3. The van der Waals surface area contributed by atoms with E-state index < -0.39 is 18.1 Å². The molecule has 0 aliphatic carbocycles. The van der Waals surface area contributed by atoms with Crippen LogP contribution in [0.15, 0.2) is 24.3 Å². The minimum Gasteiger partial charge on any atom is -0.403 e. The fraction of sp³-hybridized carbons (Fsp3) is 0.650. The van der Waals surface area contributed by atoms with Crippen molar-refractivity contribution in [1.82, 2.24) is 5.06 Å². The molecule has 1 saturated heterocycles. The van der Waals surface area contributed by atoms with Gasteiger partial charge < -0.3 is 8.95 Å². The summed E-state index contributed by atoms with van der Waals surface area (Å²) in [5.41, 5.74) is 1.64. The Balaban J connectivity index is 1.81. The molecule has 1 heterocycles. The minimum atomic E-state index is -1.91. The van der Waals surface area contributed by atoms with Crippen molar-refractivity contribution in [1.29, 1.82) is 0 Å². The molecule has 0 radical (unpaired) electrons. The highest BCUT2D eigenvalue weighted by atomic mass is 28.4. The van der Waals surface area contributed by atoms with Gasteiger partial charge in [-0.2, -0.15) is 0 Å². The minimum absolute atomic E-state index is 0.0216. The molecule has 0 bridgehead atoms.